The number of carbonyl (C=O) groups is 2. The number of carboxylic acids is 1. The second kappa shape index (κ2) is 6.60. The monoisotopic (exact) mass is 294 g/mol. The Morgan fingerprint density at radius 1 is 1.43 bits per heavy atom. The third-order valence-corrected chi connectivity index (χ3v) is 4.83. The topological polar surface area (TPSA) is 60.9 Å². The highest BCUT2D eigenvalue weighted by Crippen LogP contribution is 2.34. The van der Waals surface area contributed by atoms with E-state index < -0.39 is 11.5 Å². The lowest BCUT2D eigenvalue weighted by Gasteiger charge is -2.35. The number of hydrogen-bond acceptors (Lipinski definition) is 3. The summed E-state index contributed by atoms with van der Waals surface area (Å²) in [6.07, 6.45) is 8.12. The van der Waals surface area contributed by atoms with Gasteiger partial charge in [0.2, 0.25) is 5.91 Å². The van der Waals surface area contributed by atoms with E-state index in [1.165, 1.54) is 0 Å². The maximum Gasteiger partial charge on any atom is 0.324 e. The zero-order valence-corrected chi connectivity index (χ0v) is 13.1. The maximum absolute atomic E-state index is 12.5. The van der Waals surface area contributed by atoms with Crippen LogP contribution in [-0.2, 0) is 9.59 Å². The molecule has 0 bridgehead atoms. The van der Waals surface area contributed by atoms with Crippen molar-refractivity contribution >= 4 is 11.9 Å². The minimum absolute atomic E-state index is 0.00628. The fourth-order valence-electron chi connectivity index (χ4n) is 3.60. The number of allylic oxidation sites excluding steroid dienone is 2. The van der Waals surface area contributed by atoms with Gasteiger partial charge in [-0.15, -0.1) is 0 Å². The first-order valence-corrected chi connectivity index (χ1v) is 7.95. The number of carbonyl (C=O) groups excluding carboxylic acids is 1. The Balaban J connectivity index is 2.06. The van der Waals surface area contributed by atoms with Crippen molar-refractivity contribution in [2.24, 2.45) is 0 Å². The highest BCUT2D eigenvalue weighted by atomic mass is 16.4. The van der Waals surface area contributed by atoms with Gasteiger partial charge in [0, 0.05) is 12.7 Å². The Bertz CT molecular complexity index is 447. The molecule has 1 saturated heterocycles. The summed E-state index contributed by atoms with van der Waals surface area (Å²) in [4.78, 5) is 27.8. The number of rotatable bonds is 6. The van der Waals surface area contributed by atoms with Crippen LogP contribution in [0.5, 0.6) is 0 Å². The van der Waals surface area contributed by atoms with Crippen LogP contribution in [0.4, 0.5) is 0 Å². The van der Waals surface area contributed by atoms with Crippen LogP contribution in [0.25, 0.3) is 0 Å². The van der Waals surface area contributed by atoms with Crippen molar-refractivity contribution in [3.8, 4) is 0 Å². The third-order valence-electron chi connectivity index (χ3n) is 4.83. The van der Waals surface area contributed by atoms with Crippen LogP contribution >= 0.6 is 0 Å². The molecule has 1 atom stereocenters. The van der Waals surface area contributed by atoms with E-state index in [-0.39, 0.29) is 12.5 Å². The van der Waals surface area contributed by atoms with E-state index in [0.717, 1.165) is 37.8 Å². The third kappa shape index (κ3) is 3.12. The van der Waals surface area contributed by atoms with Crippen molar-refractivity contribution < 1.29 is 14.7 Å². The number of aliphatic carboxylic acids is 1. The molecule has 2 aliphatic rings. The molecule has 0 aromatic heterocycles. The fraction of sp³-hybridized carbons (Fsp3) is 0.750. The Morgan fingerprint density at radius 3 is 2.76 bits per heavy atom. The first-order chi connectivity index (χ1) is 10.0. The maximum atomic E-state index is 12.5. The lowest BCUT2D eigenvalue weighted by Crippen LogP contribution is -2.53. The van der Waals surface area contributed by atoms with Gasteiger partial charge in [-0.1, -0.05) is 19.4 Å². The lowest BCUT2D eigenvalue weighted by molar-refractivity contribution is -0.151. The number of nitrogens with zero attached hydrogens (tertiary/aromatic N) is 2. The first-order valence-electron chi connectivity index (χ1n) is 7.95. The van der Waals surface area contributed by atoms with E-state index in [2.05, 4.69) is 6.08 Å². The molecule has 118 valence electrons. The number of carboxylic acid groups (broad SMARTS) is 1. The zero-order chi connectivity index (χ0) is 15.5. The summed E-state index contributed by atoms with van der Waals surface area (Å²) in [5.41, 5.74) is 0.241. The van der Waals surface area contributed by atoms with E-state index in [4.69, 9.17) is 0 Å². The van der Waals surface area contributed by atoms with Crippen molar-refractivity contribution in [2.75, 3.05) is 20.1 Å². The second-order valence-electron chi connectivity index (χ2n) is 6.15. The fourth-order valence-corrected chi connectivity index (χ4v) is 3.60. The molecule has 0 aromatic rings. The van der Waals surface area contributed by atoms with Gasteiger partial charge in [0.15, 0.2) is 0 Å². The van der Waals surface area contributed by atoms with Crippen molar-refractivity contribution in [3.05, 3.63) is 11.8 Å². The number of amides is 1. The zero-order valence-electron chi connectivity index (χ0n) is 13.1. The van der Waals surface area contributed by atoms with Crippen LogP contribution in [-0.4, -0.2) is 52.5 Å². The number of likely N-dealkylation sites (tertiary alicyclic amines) is 1. The van der Waals surface area contributed by atoms with Crippen LogP contribution in [0.2, 0.25) is 0 Å². The Kier molecular flexibility index (Phi) is 5.04. The summed E-state index contributed by atoms with van der Waals surface area (Å²) in [5.74, 6) is -0.774. The predicted molar refractivity (Wildman–Crippen MR) is 80.8 cm³/mol. The van der Waals surface area contributed by atoms with E-state index >= 15 is 0 Å². The summed E-state index contributed by atoms with van der Waals surface area (Å²) in [6, 6.07) is 0. The predicted octanol–water partition coefficient (Wildman–Crippen LogP) is 2.23. The normalized spacial score (nSPS) is 25.9. The molecule has 1 aliphatic heterocycles. The van der Waals surface area contributed by atoms with Gasteiger partial charge in [-0.25, -0.2) is 0 Å². The lowest BCUT2D eigenvalue weighted by atomic mass is 9.90. The van der Waals surface area contributed by atoms with Gasteiger partial charge in [0.05, 0.1) is 6.54 Å². The molecule has 0 radical (unpaired) electrons. The molecular formula is C16H26N2O3. The highest BCUT2D eigenvalue weighted by Gasteiger charge is 2.47. The van der Waals surface area contributed by atoms with E-state index in [1.54, 1.807) is 11.9 Å². The van der Waals surface area contributed by atoms with E-state index in [9.17, 15) is 14.7 Å². The van der Waals surface area contributed by atoms with Gasteiger partial charge in [-0.2, -0.15) is 0 Å². The quantitative estimate of drug-likeness (QED) is 0.816. The molecule has 1 N–H and O–H groups in total. The first kappa shape index (κ1) is 16.0. The van der Waals surface area contributed by atoms with E-state index in [1.807, 2.05) is 11.8 Å². The molecule has 1 amide bonds. The summed E-state index contributed by atoms with van der Waals surface area (Å²) < 4.78 is 0. The minimum Gasteiger partial charge on any atom is -0.480 e. The molecule has 0 saturated carbocycles. The largest absolute Gasteiger partial charge is 0.480 e. The number of likely N-dealkylation sites (N-methyl/N-ethyl adjacent to an activating group) is 1. The standard InChI is InChI=1S/C16H26N2O3/c1-3-9-16(15(20)21)10-6-11-18(16)12-14(19)17(2)13-7-4-5-8-13/h7H,3-6,8-12H2,1-2H3,(H,20,21). The highest BCUT2D eigenvalue weighted by molar-refractivity contribution is 5.83. The summed E-state index contributed by atoms with van der Waals surface area (Å²) in [6.45, 7) is 2.91. The van der Waals surface area contributed by atoms with Gasteiger partial charge < -0.3 is 10.0 Å². The molecule has 5 heteroatoms. The summed E-state index contributed by atoms with van der Waals surface area (Å²) in [5, 5.41) is 9.65. The van der Waals surface area contributed by atoms with Crippen molar-refractivity contribution in [2.45, 2.75) is 57.4 Å². The molecule has 2 rings (SSSR count). The average molecular weight is 294 g/mol. The Morgan fingerprint density at radius 2 is 2.19 bits per heavy atom. The van der Waals surface area contributed by atoms with Crippen molar-refractivity contribution in [1.29, 1.82) is 0 Å². The van der Waals surface area contributed by atoms with Crippen LogP contribution in [0.15, 0.2) is 11.8 Å². The Labute approximate surface area is 126 Å². The molecule has 0 aromatic carbocycles. The molecule has 1 unspecified atom stereocenters. The average Bonchev–Trinajstić information content (AvgIpc) is 3.09. The van der Waals surface area contributed by atoms with Gasteiger partial charge in [0.1, 0.15) is 5.54 Å². The van der Waals surface area contributed by atoms with Crippen LogP contribution in [0, 0.1) is 0 Å². The van der Waals surface area contributed by atoms with Crippen molar-refractivity contribution in [1.82, 2.24) is 9.80 Å². The van der Waals surface area contributed by atoms with Crippen LogP contribution in [0.3, 0.4) is 0 Å². The molecule has 5 nitrogen and oxygen atoms in total. The van der Waals surface area contributed by atoms with Gasteiger partial charge in [-0.05, 0) is 45.1 Å². The minimum atomic E-state index is -0.838. The van der Waals surface area contributed by atoms with Crippen LogP contribution in [0.1, 0.15) is 51.9 Å². The number of hydrogen-bond donors (Lipinski definition) is 1. The van der Waals surface area contributed by atoms with Gasteiger partial charge in [0.25, 0.3) is 0 Å². The van der Waals surface area contributed by atoms with Gasteiger partial charge >= 0.3 is 5.97 Å². The molecular weight excluding hydrogens is 268 g/mol. The van der Waals surface area contributed by atoms with Crippen molar-refractivity contribution in [3.63, 3.8) is 0 Å². The molecule has 1 fully saturated rings. The van der Waals surface area contributed by atoms with Crippen LogP contribution < -0.4 is 0 Å². The second-order valence-corrected chi connectivity index (χ2v) is 6.15. The van der Waals surface area contributed by atoms with Gasteiger partial charge in [-0.3, -0.25) is 14.5 Å². The smallest absolute Gasteiger partial charge is 0.324 e. The molecule has 1 aliphatic carbocycles. The molecule has 0 spiro atoms. The Hall–Kier alpha value is -1.36. The summed E-state index contributed by atoms with van der Waals surface area (Å²) >= 11 is 0. The summed E-state index contributed by atoms with van der Waals surface area (Å²) in [7, 11) is 1.80. The SMILES string of the molecule is CCCC1(C(=O)O)CCCN1CC(=O)N(C)C1=CCCC1. The van der Waals surface area contributed by atoms with E-state index in [0.29, 0.717) is 19.4 Å². The molecule has 21 heavy (non-hydrogen) atoms. The molecule has 1 heterocycles.